The molecule has 1 fully saturated rings. The van der Waals surface area contributed by atoms with Gasteiger partial charge in [-0.25, -0.2) is 9.89 Å². The Morgan fingerprint density at radius 2 is 2.25 bits per heavy atom. The number of nitrogens with one attached hydrogen (secondary N) is 1. The highest BCUT2D eigenvalue weighted by Crippen LogP contribution is 2.36. The van der Waals surface area contributed by atoms with E-state index in [0.29, 0.717) is 6.04 Å². The summed E-state index contributed by atoms with van der Waals surface area (Å²) in [6.45, 7) is 0. The molecule has 2 rings (SSSR count). The molecule has 0 saturated heterocycles. The Bertz CT molecular complexity index is 386. The third-order valence-corrected chi connectivity index (χ3v) is 4.19. The summed E-state index contributed by atoms with van der Waals surface area (Å²) in [6.07, 6.45) is 5.88. The second kappa shape index (κ2) is 5.91. The van der Waals surface area contributed by atoms with Crippen molar-refractivity contribution >= 4 is 27.7 Å². The van der Waals surface area contributed by atoms with Crippen molar-refractivity contribution in [3.63, 3.8) is 0 Å². The van der Waals surface area contributed by atoms with E-state index in [1.54, 1.807) is 11.8 Å². The molecule has 1 heterocycles. The van der Waals surface area contributed by atoms with Crippen LogP contribution in [0.3, 0.4) is 0 Å². The predicted molar refractivity (Wildman–Crippen MR) is 69.5 cm³/mol. The number of aromatic amines is 1. The van der Waals surface area contributed by atoms with Gasteiger partial charge in [0, 0.05) is 17.1 Å². The first-order chi connectivity index (χ1) is 7.83. The van der Waals surface area contributed by atoms with Gasteiger partial charge in [-0.15, -0.1) is 5.10 Å². The van der Waals surface area contributed by atoms with Crippen molar-refractivity contribution in [2.24, 2.45) is 0 Å². The number of aromatic nitrogens is 3. The minimum absolute atomic E-state index is 0.0505. The molecule has 1 aliphatic rings. The summed E-state index contributed by atoms with van der Waals surface area (Å²) < 4.78 is 1.81. The van der Waals surface area contributed by atoms with Gasteiger partial charge >= 0.3 is 5.69 Å². The molecule has 0 atom stereocenters. The summed E-state index contributed by atoms with van der Waals surface area (Å²) in [5.41, 5.74) is -0.0505. The number of hydrogen-bond acceptors (Lipinski definition) is 3. The molecule has 0 radical (unpaired) electrons. The van der Waals surface area contributed by atoms with Crippen LogP contribution in [0.15, 0.2) is 9.95 Å². The van der Waals surface area contributed by atoms with Crippen molar-refractivity contribution in [2.45, 2.75) is 43.3 Å². The Balaban J connectivity index is 1.82. The molecular formula is C10H16BrN3OS. The van der Waals surface area contributed by atoms with Crippen molar-refractivity contribution in [2.75, 3.05) is 11.1 Å². The monoisotopic (exact) mass is 305 g/mol. The Morgan fingerprint density at radius 1 is 1.44 bits per heavy atom. The molecule has 1 saturated carbocycles. The molecule has 0 aromatic carbocycles. The summed E-state index contributed by atoms with van der Waals surface area (Å²) in [5.74, 6) is 1.05. The number of halogens is 1. The number of unbranched alkanes of at least 4 members (excludes halogenated alkanes) is 2. The lowest BCUT2D eigenvalue weighted by atomic mass is 10.3. The molecule has 0 unspecified atom stereocenters. The van der Waals surface area contributed by atoms with Crippen molar-refractivity contribution in [1.82, 2.24) is 14.8 Å². The van der Waals surface area contributed by atoms with E-state index in [4.69, 9.17) is 0 Å². The molecule has 0 amide bonds. The molecule has 4 nitrogen and oxygen atoms in total. The van der Waals surface area contributed by atoms with E-state index in [1.807, 2.05) is 4.57 Å². The first-order valence-electron chi connectivity index (χ1n) is 5.68. The highest BCUT2D eigenvalue weighted by molar-refractivity contribution is 9.09. The molecule has 0 spiro atoms. The third kappa shape index (κ3) is 3.13. The standard InChI is InChI=1S/C10H16BrN3OS/c11-6-2-1-3-7-16-10-13-12-9(15)14(10)8-4-5-8/h8H,1-7H2,(H,12,15). The molecule has 0 bridgehead atoms. The SMILES string of the molecule is O=c1[nH]nc(SCCCCCBr)n1C1CC1. The van der Waals surface area contributed by atoms with Crippen molar-refractivity contribution in [3.8, 4) is 0 Å². The number of nitrogens with zero attached hydrogens (tertiary/aromatic N) is 2. The van der Waals surface area contributed by atoms with Crippen molar-refractivity contribution < 1.29 is 0 Å². The van der Waals surface area contributed by atoms with Crippen LogP contribution in [0.5, 0.6) is 0 Å². The molecule has 0 aliphatic heterocycles. The zero-order valence-electron chi connectivity index (χ0n) is 9.12. The molecule has 1 aromatic rings. The van der Waals surface area contributed by atoms with Crippen LogP contribution in [0.1, 0.15) is 38.1 Å². The molecule has 1 aliphatic carbocycles. The largest absolute Gasteiger partial charge is 0.344 e. The molecule has 16 heavy (non-hydrogen) atoms. The predicted octanol–water partition coefficient (Wildman–Crippen LogP) is 2.56. The quantitative estimate of drug-likeness (QED) is 0.478. The van der Waals surface area contributed by atoms with Gasteiger partial charge in [0.15, 0.2) is 5.16 Å². The van der Waals surface area contributed by atoms with Gasteiger partial charge in [0.25, 0.3) is 0 Å². The average molecular weight is 306 g/mol. The van der Waals surface area contributed by atoms with E-state index in [9.17, 15) is 4.79 Å². The summed E-state index contributed by atoms with van der Waals surface area (Å²) in [7, 11) is 0. The summed E-state index contributed by atoms with van der Waals surface area (Å²) in [5, 5.41) is 8.56. The van der Waals surface area contributed by atoms with Gasteiger partial charge in [-0.2, -0.15) is 0 Å². The van der Waals surface area contributed by atoms with Crippen LogP contribution in [0.4, 0.5) is 0 Å². The molecular weight excluding hydrogens is 290 g/mol. The number of rotatable bonds is 7. The summed E-state index contributed by atoms with van der Waals surface area (Å²) in [4.78, 5) is 11.5. The minimum Gasteiger partial charge on any atom is -0.267 e. The van der Waals surface area contributed by atoms with E-state index in [2.05, 4.69) is 26.1 Å². The van der Waals surface area contributed by atoms with Crippen molar-refractivity contribution in [3.05, 3.63) is 10.5 Å². The van der Waals surface area contributed by atoms with E-state index in [0.717, 1.165) is 29.1 Å². The molecule has 1 N–H and O–H groups in total. The second-order valence-electron chi connectivity index (χ2n) is 4.01. The van der Waals surface area contributed by atoms with Gasteiger partial charge in [-0.1, -0.05) is 34.1 Å². The summed E-state index contributed by atoms with van der Waals surface area (Å²) in [6, 6.07) is 0.413. The van der Waals surface area contributed by atoms with Crippen LogP contribution in [0.2, 0.25) is 0 Å². The maximum absolute atomic E-state index is 11.5. The Kier molecular flexibility index (Phi) is 4.52. The molecule has 90 valence electrons. The maximum Gasteiger partial charge on any atom is 0.344 e. The number of alkyl halides is 1. The Morgan fingerprint density at radius 3 is 2.94 bits per heavy atom. The number of hydrogen-bond donors (Lipinski definition) is 1. The Hall–Kier alpha value is -0.230. The summed E-state index contributed by atoms with van der Waals surface area (Å²) >= 11 is 5.11. The van der Waals surface area contributed by atoms with E-state index < -0.39 is 0 Å². The normalized spacial score (nSPS) is 15.6. The van der Waals surface area contributed by atoms with E-state index >= 15 is 0 Å². The van der Waals surface area contributed by atoms with Gasteiger partial charge in [-0.3, -0.25) is 4.57 Å². The topological polar surface area (TPSA) is 50.7 Å². The van der Waals surface area contributed by atoms with Crippen LogP contribution in [0, 0.1) is 0 Å². The fourth-order valence-corrected chi connectivity index (χ4v) is 2.99. The fraction of sp³-hybridized carbons (Fsp3) is 0.800. The Labute approximate surface area is 107 Å². The van der Waals surface area contributed by atoms with Crippen LogP contribution in [0.25, 0.3) is 0 Å². The third-order valence-electron chi connectivity index (χ3n) is 2.59. The van der Waals surface area contributed by atoms with Gasteiger partial charge in [0.1, 0.15) is 0 Å². The lowest BCUT2D eigenvalue weighted by Crippen LogP contribution is -2.16. The van der Waals surface area contributed by atoms with Crippen LogP contribution in [-0.4, -0.2) is 25.8 Å². The van der Waals surface area contributed by atoms with E-state index in [-0.39, 0.29) is 5.69 Å². The lowest BCUT2D eigenvalue weighted by molar-refractivity contribution is 0.642. The average Bonchev–Trinajstić information content (AvgIpc) is 3.04. The van der Waals surface area contributed by atoms with Crippen molar-refractivity contribution in [1.29, 1.82) is 0 Å². The number of thioether (sulfide) groups is 1. The second-order valence-corrected chi connectivity index (χ2v) is 5.87. The first kappa shape index (κ1) is 12.2. The van der Waals surface area contributed by atoms with Crippen LogP contribution >= 0.6 is 27.7 Å². The smallest absolute Gasteiger partial charge is 0.267 e. The number of H-pyrrole nitrogens is 1. The highest BCUT2D eigenvalue weighted by Gasteiger charge is 2.28. The van der Waals surface area contributed by atoms with Gasteiger partial charge < -0.3 is 0 Å². The van der Waals surface area contributed by atoms with Crippen LogP contribution < -0.4 is 5.69 Å². The zero-order valence-corrected chi connectivity index (χ0v) is 11.5. The zero-order chi connectivity index (χ0) is 11.4. The fourth-order valence-electron chi connectivity index (χ4n) is 1.58. The molecule has 6 heteroatoms. The maximum atomic E-state index is 11.5. The van der Waals surface area contributed by atoms with Gasteiger partial charge in [0.2, 0.25) is 0 Å². The highest BCUT2D eigenvalue weighted by atomic mass is 79.9. The van der Waals surface area contributed by atoms with Gasteiger partial charge in [-0.05, 0) is 25.7 Å². The molecule has 1 aromatic heterocycles. The van der Waals surface area contributed by atoms with Crippen LogP contribution in [-0.2, 0) is 0 Å². The first-order valence-corrected chi connectivity index (χ1v) is 7.79. The minimum atomic E-state index is -0.0505. The van der Waals surface area contributed by atoms with Gasteiger partial charge in [0.05, 0.1) is 0 Å². The van der Waals surface area contributed by atoms with E-state index in [1.165, 1.54) is 19.3 Å². The lowest BCUT2D eigenvalue weighted by Gasteiger charge is -2.02.